The second-order valence-corrected chi connectivity index (χ2v) is 6.76. The van der Waals surface area contributed by atoms with Gasteiger partial charge in [-0.15, -0.1) is 12.4 Å². The second kappa shape index (κ2) is 8.49. The summed E-state index contributed by atoms with van der Waals surface area (Å²) < 4.78 is 0. The molecule has 7 nitrogen and oxygen atoms in total. The van der Waals surface area contributed by atoms with Crippen LogP contribution in [-0.2, 0) is 4.79 Å². The molecule has 1 aromatic carbocycles. The maximum absolute atomic E-state index is 12.3. The Kier molecular flexibility index (Phi) is 6.61. The highest BCUT2D eigenvalue weighted by atomic mass is 35.5. The Morgan fingerprint density at radius 1 is 1.28 bits per heavy atom. The van der Waals surface area contributed by atoms with E-state index in [-0.39, 0.29) is 24.0 Å². The molecular weight excluding hydrogens is 344 g/mol. The number of nitrogens with zero attached hydrogens (tertiary/aromatic N) is 2. The minimum Gasteiger partial charge on any atom is -0.379 e. The van der Waals surface area contributed by atoms with Gasteiger partial charge in [0.2, 0.25) is 5.91 Å². The SMILES string of the molecule is Cl.O=C(CCNc1ccccc1[N+](=O)[O-])N1CCC2(CCNC2)CC1. The van der Waals surface area contributed by atoms with Gasteiger partial charge in [0.25, 0.3) is 5.69 Å². The Morgan fingerprint density at radius 3 is 2.64 bits per heavy atom. The van der Waals surface area contributed by atoms with Crippen molar-refractivity contribution in [3.05, 3.63) is 34.4 Å². The fourth-order valence-electron chi connectivity index (χ4n) is 3.70. The molecule has 8 heteroatoms. The number of halogens is 1. The van der Waals surface area contributed by atoms with Gasteiger partial charge in [0.15, 0.2) is 0 Å². The number of carbonyl (C=O) groups is 1. The van der Waals surface area contributed by atoms with Crippen molar-refractivity contribution in [1.29, 1.82) is 0 Å². The molecule has 2 saturated heterocycles. The van der Waals surface area contributed by atoms with E-state index in [1.54, 1.807) is 18.2 Å². The number of piperidine rings is 1. The number of hydrogen-bond acceptors (Lipinski definition) is 5. The summed E-state index contributed by atoms with van der Waals surface area (Å²) in [5, 5.41) is 17.4. The molecule has 0 saturated carbocycles. The predicted octanol–water partition coefficient (Wildman–Crippen LogP) is 2.42. The number of carbonyl (C=O) groups excluding carboxylic acids is 1. The Morgan fingerprint density at radius 2 is 2.00 bits per heavy atom. The van der Waals surface area contributed by atoms with Crippen LogP contribution in [-0.4, -0.2) is 48.5 Å². The first-order valence-electron chi connectivity index (χ1n) is 8.55. The van der Waals surface area contributed by atoms with E-state index in [1.807, 2.05) is 4.90 Å². The first-order valence-corrected chi connectivity index (χ1v) is 8.55. The van der Waals surface area contributed by atoms with Gasteiger partial charge in [0, 0.05) is 38.7 Å². The van der Waals surface area contributed by atoms with Crippen molar-refractivity contribution in [2.75, 3.05) is 38.0 Å². The molecule has 0 atom stereocenters. The Balaban J connectivity index is 0.00000225. The topological polar surface area (TPSA) is 87.5 Å². The van der Waals surface area contributed by atoms with Crippen LogP contribution in [0.3, 0.4) is 0 Å². The van der Waals surface area contributed by atoms with Crippen LogP contribution in [0.25, 0.3) is 0 Å². The number of para-hydroxylation sites is 2. The fourth-order valence-corrected chi connectivity index (χ4v) is 3.70. The lowest BCUT2D eigenvalue weighted by Gasteiger charge is -2.39. The summed E-state index contributed by atoms with van der Waals surface area (Å²) in [5.41, 5.74) is 0.906. The average Bonchev–Trinajstić information content (AvgIpc) is 3.04. The van der Waals surface area contributed by atoms with Crippen molar-refractivity contribution in [3.8, 4) is 0 Å². The number of nitro benzene ring substituents is 1. The standard InChI is InChI=1S/C17H24N4O3.ClH/c22-16(20-11-7-17(8-12-20)6-10-18-13-17)5-9-19-14-3-1-2-4-15(14)21(23)24;/h1-4,18-19H,5-13H2;1H. The number of nitrogens with one attached hydrogen (secondary N) is 2. The van der Waals surface area contributed by atoms with Crippen molar-refractivity contribution in [2.45, 2.75) is 25.7 Å². The van der Waals surface area contributed by atoms with E-state index in [4.69, 9.17) is 0 Å². The zero-order chi connectivity index (χ0) is 17.0. The number of hydrogen-bond donors (Lipinski definition) is 2. The van der Waals surface area contributed by atoms with E-state index >= 15 is 0 Å². The molecule has 2 N–H and O–H groups in total. The van der Waals surface area contributed by atoms with Crippen molar-refractivity contribution in [2.24, 2.45) is 5.41 Å². The number of nitro groups is 1. The van der Waals surface area contributed by atoms with Crippen LogP contribution in [0.4, 0.5) is 11.4 Å². The van der Waals surface area contributed by atoms with E-state index in [0.717, 1.165) is 39.0 Å². The summed E-state index contributed by atoms with van der Waals surface area (Å²) in [5.74, 6) is 0.127. The zero-order valence-electron chi connectivity index (χ0n) is 14.2. The molecule has 1 amide bonds. The molecule has 0 aromatic heterocycles. The van der Waals surface area contributed by atoms with Crippen LogP contribution in [0.1, 0.15) is 25.7 Å². The molecule has 138 valence electrons. The van der Waals surface area contributed by atoms with Crippen LogP contribution in [0.5, 0.6) is 0 Å². The number of benzene rings is 1. The molecule has 2 heterocycles. The van der Waals surface area contributed by atoms with Crippen LogP contribution in [0.2, 0.25) is 0 Å². The Hall–Kier alpha value is -1.86. The molecule has 2 aliphatic heterocycles. The molecule has 0 bridgehead atoms. The highest BCUT2D eigenvalue weighted by Gasteiger charge is 2.37. The number of likely N-dealkylation sites (tertiary alicyclic amines) is 1. The van der Waals surface area contributed by atoms with Crippen LogP contribution >= 0.6 is 12.4 Å². The normalized spacial score (nSPS) is 18.6. The smallest absolute Gasteiger partial charge is 0.292 e. The van der Waals surface area contributed by atoms with Crippen LogP contribution in [0.15, 0.2) is 24.3 Å². The van der Waals surface area contributed by atoms with Gasteiger partial charge in [0.05, 0.1) is 4.92 Å². The van der Waals surface area contributed by atoms with Gasteiger partial charge in [-0.3, -0.25) is 14.9 Å². The van der Waals surface area contributed by atoms with E-state index in [9.17, 15) is 14.9 Å². The molecule has 2 aliphatic rings. The molecule has 0 unspecified atom stereocenters. The number of amides is 1. The Labute approximate surface area is 153 Å². The van der Waals surface area contributed by atoms with Gasteiger partial charge in [-0.25, -0.2) is 0 Å². The van der Waals surface area contributed by atoms with Gasteiger partial charge in [0.1, 0.15) is 5.69 Å². The molecule has 1 spiro atoms. The summed E-state index contributed by atoms with van der Waals surface area (Å²) >= 11 is 0. The van der Waals surface area contributed by atoms with Crippen molar-refractivity contribution >= 4 is 29.7 Å². The van der Waals surface area contributed by atoms with E-state index in [0.29, 0.717) is 24.1 Å². The summed E-state index contributed by atoms with van der Waals surface area (Å²) in [7, 11) is 0. The summed E-state index contributed by atoms with van der Waals surface area (Å²) in [6, 6.07) is 6.51. The quantitative estimate of drug-likeness (QED) is 0.615. The summed E-state index contributed by atoms with van der Waals surface area (Å²) in [6.45, 7) is 4.23. The van der Waals surface area contributed by atoms with Gasteiger partial charge >= 0.3 is 0 Å². The minimum atomic E-state index is -0.413. The number of rotatable bonds is 5. The molecule has 2 fully saturated rings. The van der Waals surface area contributed by atoms with E-state index in [1.165, 1.54) is 12.5 Å². The minimum absolute atomic E-state index is 0. The molecule has 0 radical (unpaired) electrons. The predicted molar refractivity (Wildman–Crippen MR) is 99.2 cm³/mol. The van der Waals surface area contributed by atoms with Crippen LogP contribution < -0.4 is 10.6 Å². The largest absolute Gasteiger partial charge is 0.379 e. The molecule has 0 aliphatic carbocycles. The highest BCUT2D eigenvalue weighted by molar-refractivity contribution is 5.85. The van der Waals surface area contributed by atoms with E-state index in [2.05, 4.69) is 10.6 Å². The first kappa shape index (κ1) is 19.5. The molecule has 3 rings (SSSR count). The highest BCUT2D eigenvalue weighted by Crippen LogP contribution is 2.37. The van der Waals surface area contributed by atoms with E-state index < -0.39 is 4.92 Å². The van der Waals surface area contributed by atoms with Gasteiger partial charge in [-0.05, 0) is 37.3 Å². The van der Waals surface area contributed by atoms with Gasteiger partial charge < -0.3 is 15.5 Å². The van der Waals surface area contributed by atoms with Gasteiger partial charge in [-0.1, -0.05) is 12.1 Å². The third kappa shape index (κ3) is 4.61. The zero-order valence-corrected chi connectivity index (χ0v) is 15.0. The maximum atomic E-state index is 12.3. The third-order valence-corrected chi connectivity index (χ3v) is 5.26. The first-order chi connectivity index (χ1) is 11.6. The third-order valence-electron chi connectivity index (χ3n) is 5.26. The molecule has 25 heavy (non-hydrogen) atoms. The fraction of sp³-hybridized carbons (Fsp3) is 0.588. The lowest BCUT2D eigenvalue weighted by Crippen LogP contribution is -2.44. The average molecular weight is 369 g/mol. The second-order valence-electron chi connectivity index (χ2n) is 6.76. The number of anilines is 1. The lowest BCUT2D eigenvalue weighted by atomic mass is 9.78. The van der Waals surface area contributed by atoms with Crippen molar-refractivity contribution < 1.29 is 9.72 Å². The Bertz CT molecular complexity index is 610. The van der Waals surface area contributed by atoms with Crippen molar-refractivity contribution in [3.63, 3.8) is 0 Å². The molecular formula is C17H25ClN4O3. The lowest BCUT2D eigenvalue weighted by molar-refractivity contribution is -0.384. The maximum Gasteiger partial charge on any atom is 0.292 e. The summed E-state index contributed by atoms with van der Waals surface area (Å²) in [4.78, 5) is 24.8. The van der Waals surface area contributed by atoms with Gasteiger partial charge in [-0.2, -0.15) is 0 Å². The van der Waals surface area contributed by atoms with Crippen molar-refractivity contribution in [1.82, 2.24) is 10.2 Å². The monoisotopic (exact) mass is 368 g/mol. The molecule has 1 aromatic rings. The van der Waals surface area contributed by atoms with Crippen LogP contribution in [0, 0.1) is 15.5 Å². The summed E-state index contributed by atoms with van der Waals surface area (Å²) in [6.07, 6.45) is 3.72.